The quantitative estimate of drug-likeness (QED) is 0.633. The summed E-state index contributed by atoms with van der Waals surface area (Å²) in [4.78, 5) is 41.6. The van der Waals surface area contributed by atoms with E-state index in [0.29, 0.717) is 10.9 Å². The van der Waals surface area contributed by atoms with Gasteiger partial charge in [-0.1, -0.05) is 44.2 Å². The number of nitrogens with one attached hydrogen (secondary N) is 1. The number of hydrogen-bond acceptors (Lipinski definition) is 5. The van der Waals surface area contributed by atoms with E-state index in [9.17, 15) is 14.4 Å². The summed E-state index contributed by atoms with van der Waals surface area (Å²) in [5.74, 6) is -0.889. The first kappa shape index (κ1) is 21.2. The van der Waals surface area contributed by atoms with E-state index in [1.54, 1.807) is 24.3 Å². The summed E-state index contributed by atoms with van der Waals surface area (Å²) in [6, 6.07) is 12.7. The first-order valence-electron chi connectivity index (χ1n) is 9.82. The standard InChI is InChI=1S/C23H25N3O4/c1-14(2)17-10-7-8-15(3)21(17)25-22(28)16(4)30-20(27)12-26-13-24-19-11-6-5-9-18(19)23(26)29/h5-11,13-14,16H,12H2,1-4H3,(H,25,28)/t16-/m1/s1. The SMILES string of the molecule is Cc1cccc(C(C)C)c1NC(=O)[C@@H](C)OC(=O)Cn1cnc2ccccc2c1=O. The molecule has 1 aromatic heterocycles. The zero-order valence-corrected chi connectivity index (χ0v) is 17.5. The van der Waals surface area contributed by atoms with Crippen molar-refractivity contribution in [1.82, 2.24) is 9.55 Å². The highest BCUT2D eigenvalue weighted by molar-refractivity contribution is 5.96. The number of ether oxygens (including phenoxy) is 1. The lowest BCUT2D eigenvalue weighted by Gasteiger charge is -2.19. The second-order valence-corrected chi connectivity index (χ2v) is 7.51. The third-order valence-corrected chi connectivity index (χ3v) is 4.88. The van der Waals surface area contributed by atoms with E-state index in [1.807, 2.05) is 39.0 Å². The van der Waals surface area contributed by atoms with Gasteiger partial charge in [0.2, 0.25) is 0 Å². The number of para-hydroxylation sites is 2. The van der Waals surface area contributed by atoms with Crippen LogP contribution in [0.15, 0.2) is 53.6 Å². The maximum Gasteiger partial charge on any atom is 0.326 e. The van der Waals surface area contributed by atoms with Gasteiger partial charge in [0.15, 0.2) is 6.10 Å². The summed E-state index contributed by atoms with van der Waals surface area (Å²) in [5, 5.41) is 3.28. The van der Waals surface area contributed by atoms with E-state index in [0.717, 1.165) is 16.8 Å². The smallest absolute Gasteiger partial charge is 0.326 e. The molecule has 0 radical (unpaired) electrons. The van der Waals surface area contributed by atoms with Crippen LogP contribution in [0.3, 0.4) is 0 Å². The molecule has 0 aliphatic rings. The van der Waals surface area contributed by atoms with Gasteiger partial charge in [0, 0.05) is 5.69 Å². The molecule has 0 aliphatic carbocycles. The molecular weight excluding hydrogens is 382 g/mol. The summed E-state index contributed by atoms with van der Waals surface area (Å²) in [5.41, 5.74) is 2.89. The fourth-order valence-electron chi connectivity index (χ4n) is 3.21. The lowest BCUT2D eigenvalue weighted by atomic mass is 9.98. The molecule has 0 spiro atoms. The molecule has 1 amide bonds. The van der Waals surface area contributed by atoms with E-state index in [-0.39, 0.29) is 18.0 Å². The van der Waals surface area contributed by atoms with Crippen molar-refractivity contribution in [3.05, 3.63) is 70.3 Å². The van der Waals surface area contributed by atoms with Crippen molar-refractivity contribution in [1.29, 1.82) is 0 Å². The first-order valence-corrected chi connectivity index (χ1v) is 9.82. The number of benzene rings is 2. The Morgan fingerprint density at radius 3 is 2.57 bits per heavy atom. The van der Waals surface area contributed by atoms with Crippen molar-refractivity contribution in [2.24, 2.45) is 0 Å². The molecule has 0 bridgehead atoms. The average molecular weight is 407 g/mol. The lowest BCUT2D eigenvalue weighted by Crippen LogP contribution is -2.33. The normalized spacial score (nSPS) is 12.0. The Hall–Kier alpha value is -3.48. The van der Waals surface area contributed by atoms with Crippen LogP contribution < -0.4 is 10.9 Å². The van der Waals surface area contributed by atoms with Crippen molar-refractivity contribution < 1.29 is 14.3 Å². The zero-order valence-electron chi connectivity index (χ0n) is 17.5. The fraction of sp³-hybridized carbons (Fsp3) is 0.304. The molecule has 0 unspecified atom stereocenters. The zero-order chi connectivity index (χ0) is 21.8. The van der Waals surface area contributed by atoms with E-state index < -0.39 is 18.0 Å². The third kappa shape index (κ3) is 4.56. The van der Waals surface area contributed by atoms with E-state index in [4.69, 9.17) is 4.74 Å². The molecule has 0 aliphatic heterocycles. The van der Waals surface area contributed by atoms with Crippen molar-refractivity contribution in [2.75, 3.05) is 5.32 Å². The molecule has 3 aromatic rings. The maximum absolute atomic E-state index is 12.6. The third-order valence-electron chi connectivity index (χ3n) is 4.88. The van der Waals surface area contributed by atoms with Gasteiger partial charge in [0.1, 0.15) is 6.54 Å². The van der Waals surface area contributed by atoms with Gasteiger partial charge in [0.05, 0.1) is 17.2 Å². The summed E-state index contributed by atoms with van der Waals surface area (Å²) in [7, 11) is 0. The van der Waals surface area contributed by atoms with Gasteiger partial charge in [-0.2, -0.15) is 0 Å². The second kappa shape index (κ2) is 8.90. The topological polar surface area (TPSA) is 90.3 Å². The predicted molar refractivity (Wildman–Crippen MR) is 115 cm³/mol. The van der Waals surface area contributed by atoms with Gasteiger partial charge >= 0.3 is 5.97 Å². The number of carbonyl (C=O) groups is 2. The van der Waals surface area contributed by atoms with Gasteiger partial charge in [-0.3, -0.25) is 19.0 Å². The monoisotopic (exact) mass is 407 g/mol. The molecule has 30 heavy (non-hydrogen) atoms. The van der Waals surface area contributed by atoms with Crippen LogP contribution in [0.4, 0.5) is 5.69 Å². The Balaban J connectivity index is 1.69. The maximum atomic E-state index is 12.6. The van der Waals surface area contributed by atoms with Crippen LogP contribution in [0.2, 0.25) is 0 Å². The van der Waals surface area contributed by atoms with Crippen LogP contribution >= 0.6 is 0 Å². The van der Waals surface area contributed by atoms with E-state index >= 15 is 0 Å². The number of fused-ring (bicyclic) bond motifs is 1. The molecule has 0 saturated carbocycles. The summed E-state index contributed by atoms with van der Waals surface area (Å²) < 4.78 is 6.43. The summed E-state index contributed by atoms with van der Waals surface area (Å²) >= 11 is 0. The number of carbonyl (C=O) groups excluding carboxylic acids is 2. The second-order valence-electron chi connectivity index (χ2n) is 7.51. The minimum atomic E-state index is -1.01. The highest BCUT2D eigenvalue weighted by Crippen LogP contribution is 2.27. The molecule has 7 nitrogen and oxygen atoms in total. The molecule has 0 saturated heterocycles. The van der Waals surface area contributed by atoms with Crippen LogP contribution in [0.25, 0.3) is 10.9 Å². The summed E-state index contributed by atoms with van der Waals surface area (Å²) in [6.45, 7) is 7.18. The van der Waals surface area contributed by atoms with Crippen molar-refractivity contribution in [2.45, 2.75) is 46.3 Å². The molecule has 7 heteroatoms. The largest absolute Gasteiger partial charge is 0.451 e. The van der Waals surface area contributed by atoms with Crippen LogP contribution in [-0.4, -0.2) is 27.5 Å². The number of nitrogens with zero attached hydrogens (tertiary/aromatic N) is 2. The Bertz CT molecular complexity index is 1150. The Labute approximate surface area is 174 Å². The van der Waals surface area contributed by atoms with Gasteiger partial charge in [0.25, 0.3) is 11.5 Å². The van der Waals surface area contributed by atoms with E-state index in [1.165, 1.54) is 17.8 Å². The van der Waals surface area contributed by atoms with Crippen LogP contribution in [-0.2, 0) is 20.9 Å². The van der Waals surface area contributed by atoms with Crippen molar-refractivity contribution >= 4 is 28.5 Å². The number of aromatic nitrogens is 2. The average Bonchev–Trinajstić information content (AvgIpc) is 2.71. The van der Waals surface area contributed by atoms with Gasteiger partial charge in [-0.25, -0.2) is 4.98 Å². The van der Waals surface area contributed by atoms with Crippen LogP contribution in [0.5, 0.6) is 0 Å². The highest BCUT2D eigenvalue weighted by atomic mass is 16.5. The molecule has 0 fully saturated rings. The molecule has 1 atom stereocenters. The molecule has 156 valence electrons. The van der Waals surface area contributed by atoms with Gasteiger partial charge in [-0.15, -0.1) is 0 Å². The van der Waals surface area contributed by atoms with Crippen LogP contribution in [0, 0.1) is 6.92 Å². The molecule has 1 N–H and O–H groups in total. The van der Waals surface area contributed by atoms with Crippen molar-refractivity contribution in [3.63, 3.8) is 0 Å². The number of aryl methyl sites for hydroxylation is 1. The highest BCUT2D eigenvalue weighted by Gasteiger charge is 2.21. The van der Waals surface area contributed by atoms with Gasteiger partial charge in [-0.05, 0) is 43.0 Å². The number of esters is 1. The molecule has 1 heterocycles. The number of anilines is 1. The van der Waals surface area contributed by atoms with E-state index in [2.05, 4.69) is 10.3 Å². The van der Waals surface area contributed by atoms with Gasteiger partial charge < -0.3 is 10.1 Å². The Morgan fingerprint density at radius 2 is 1.83 bits per heavy atom. The number of amides is 1. The van der Waals surface area contributed by atoms with Crippen LogP contribution in [0.1, 0.15) is 37.8 Å². The minimum Gasteiger partial charge on any atom is -0.451 e. The summed E-state index contributed by atoms with van der Waals surface area (Å²) in [6.07, 6.45) is 0.292. The van der Waals surface area contributed by atoms with Crippen molar-refractivity contribution in [3.8, 4) is 0 Å². The number of hydrogen-bond donors (Lipinski definition) is 1. The molecule has 3 rings (SSSR count). The predicted octanol–water partition coefficient (Wildman–Crippen LogP) is 3.40. The fourth-order valence-corrected chi connectivity index (χ4v) is 3.21. The first-order chi connectivity index (χ1) is 14.3. The number of rotatable bonds is 6. The minimum absolute atomic E-state index is 0.227. The molecule has 2 aromatic carbocycles. The molecular formula is C23H25N3O4. The lowest BCUT2D eigenvalue weighted by molar-refractivity contribution is -0.153. The Kier molecular flexibility index (Phi) is 6.30. The Morgan fingerprint density at radius 1 is 1.10 bits per heavy atom.